The van der Waals surface area contributed by atoms with Gasteiger partial charge in [-0.25, -0.2) is 9.18 Å². The van der Waals surface area contributed by atoms with Crippen molar-refractivity contribution >= 4 is 38.6 Å². The Hall–Kier alpha value is -2.68. The van der Waals surface area contributed by atoms with Gasteiger partial charge < -0.3 is 15.0 Å². The van der Waals surface area contributed by atoms with Gasteiger partial charge in [0.1, 0.15) is 0 Å². The predicted octanol–water partition coefficient (Wildman–Crippen LogP) is 4.75. The number of hydrogen-bond acceptors (Lipinski definition) is 3. The molecule has 6 nitrogen and oxygen atoms in total. The number of H-pyrrole nitrogens is 1. The Morgan fingerprint density at radius 2 is 1.90 bits per heavy atom. The number of imidazole rings is 1. The van der Waals surface area contributed by atoms with Crippen LogP contribution in [0.1, 0.15) is 31.7 Å². The molecule has 0 unspecified atom stereocenters. The van der Waals surface area contributed by atoms with E-state index in [1.54, 1.807) is 4.57 Å². The first-order chi connectivity index (χ1) is 14.4. The maximum Gasteiger partial charge on any atom is 0.326 e. The van der Waals surface area contributed by atoms with Gasteiger partial charge in [-0.05, 0) is 65.9 Å². The van der Waals surface area contributed by atoms with Gasteiger partial charge in [-0.3, -0.25) is 9.36 Å². The van der Waals surface area contributed by atoms with Crippen LogP contribution in [0.5, 0.6) is 5.75 Å². The Labute approximate surface area is 179 Å². The van der Waals surface area contributed by atoms with Gasteiger partial charge in [0.05, 0.1) is 23.8 Å². The van der Waals surface area contributed by atoms with Crippen molar-refractivity contribution in [3.8, 4) is 5.75 Å². The van der Waals surface area contributed by atoms with Crippen LogP contribution in [0.15, 0.2) is 39.6 Å². The largest absolute Gasteiger partial charge is 0.494 e. The van der Waals surface area contributed by atoms with Gasteiger partial charge in [0, 0.05) is 16.4 Å². The van der Waals surface area contributed by atoms with Crippen LogP contribution in [0, 0.1) is 17.6 Å². The quantitative estimate of drug-likeness (QED) is 0.566. The predicted molar refractivity (Wildman–Crippen MR) is 113 cm³/mol. The number of carbonyl (C=O) groups excluding carboxylic acids is 1. The van der Waals surface area contributed by atoms with Crippen molar-refractivity contribution in [2.75, 3.05) is 12.4 Å². The average Bonchev–Trinajstić information content (AvgIpc) is 3.09. The second-order valence-electron chi connectivity index (χ2n) is 7.37. The van der Waals surface area contributed by atoms with Crippen molar-refractivity contribution in [2.45, 2.75) is 31.7 Å². The highest BCUT2D eigenvalue weighted by Gasteiger charge is 2.29. The summed E-state index contributed by atoms with van der Waals surface area (Å²) in [6.45, 7) is 0. The number of anilines is 1. The molecule has 1 heterocycles. The van der Waals surface area contributed by atoms with Gasteiger partial charge in [-0.1, -0.05) is 6.07 Å². The first kappa shape index (κ1) is 20.6. The second-order valence-corrected chi connectivity index (χ2v) is 8.23. The number of fused-ring (bicyclic) bond motifs is 1. The molecule has 3 aromatic rings. The Morgan fingerprint density at radius 1 is 1.17 bits per heavy atom. The van der Waals surface area contributed by atoms with Gasteiger partial charge in [-0.15, -0.1) is 0 Å². The fourth-order valence-corrected chi connectivity index (χ4v) is 4.55. The van der Waals surface area contributed by atoms with Gasteiger partial charge in [0.15, 0.2) is 11.6 Å². The standard InChI is InChI=1S/C21H20BrF2N3O3/c1-30-16-10-9-14(17(23)18(16)24)25-20(28)11-5-7-12(8-6-11)27-15-4-2-3-13(22)19(15)26-21(27)29/h2-4,9-12H,5-8H2,1H3,(H,25,28)(H,26,29). The van der Waals surface area contributed by atoms with E-state index in [2.05, 4.69) is 26.2 Å². The van der Waals surface area contributed by atoms with E-state index in [0.29, 0.717) is 25.7 Å². The SMILES string of the molecule is COc1ccc(NC(=O)C2CCC(n3c(=O)[nH]c4c(Br)cccc43)CC2)c(F)c1F. The number of nitrogens with zero attached hydrogens (tertiary/aromatic N) is 1. The van der Waals surface area contributed by atoms with E-state index in [4.69, 9.17) is 4.74 Å². The molecule has 1 aliphatic carbocycles. The summed E-state index contributed by atoms with van der Waals surface area (Å²) >= 11 is 3.45. The molecule has 1 amide bonds. The van der Waals surface area contributed by atoms with Crippen molar-refractivity contribution < 1.29 is 18.3 Å². The Balaban J connectivity index is 1.46. The second kappa shape index (κ2) is 8.22. The highest BCUT2D eigenvalue weighted by Crippen LogP contribution is 2.35. The molecular weight excluding hydrogens is 460 g/mol. The van der Waals surface area contributed by atoms with Gasteiger partial charge in [0.25, 0.3) is 0 Å². The molecule has 0 spiro atoms. The lowest BCUT2D eigenvalue weighted by Crippen LogP contribution is -2.31. The van der Waals surface area contributed by atoms with Crippen molar-refractivity contribution in [1.29, 1.82) is 0 Å². The normalized spacial score (nSPS) is 19.1. The highest BCUT2D eigenvalue weighted by molar-refractivity contribution is 9.10. The number of amides is 1. The number of nitrogens with one attached hydrogen (secondary N) is 2. The number of aromatic nitrogens is 2. The third kappa shape index (κ3) is 3.62. The third-order valence-electron chi connectivity index (χ3n) is 5.66. The molecule has 0 bridgehead atoms. The fourth-order valence-electron chi connectivity index (χ4n) is 4.09. The molecule has 1 saturated carbocycles. The van der Waals surface area contributed by atoms with E-state index < -0.39 is 11.6 Å². The van der Waals surface area contributed by atoms with Crippen molar-refractivity contribution in [1.82, 2.24) is 9.55 Å². The monoisotopic (exact) mass is 479 g/mol. The van der Waals surface area contributed by atoms with E-state index in [1.165, 1.54) is 19.2 Å². The van der Waals surface area contributed by atoms with Crippen LogP contribution in [-0.4, -0.2) is 22.6 Å². The smallest absolute Gasteiger partial charge is 0.326 e. The summed E-state index contributed by atoms with van der Waals surface area (Å²) < 4.78 is 35.3. The molecule has 1 aromatic heterocycles. The lowest BCUT2D eigenvalue weighted by molar-refractivity contribution is -0.121. The van der Waals surface area contributed by atoms with E-state index in [9.17, 15) is 18.4 Å². The lowest BCUT2D eigenvalue weighted by Gasteiger charge is -2.28. The molecule has 30 heavy (non-hydrogen) atoms. The molecule has 0 radical (unpaired) electrons. The number of aromatic amines is 1. The molecule has 9 heteroatoms. The van der Waals surface area contributed by atoms with Crippen LogP contribution in [0.2, 0.25) is 0 Å². The number of hydrogen-bond donors (Lipinski definition) is 2. The van der Waals surface area contributed by atoms with Crippen LogP contribution < -0.4 is 15.7 Å². The van der Waals surface area contributed by atoms with Gasteiger partial charge in [0.2, 0.25) is 11.7 Å². The van der Waals surface area contributed by atoms with Crippen LogP contribution in [0.4, 0.5) is 14.5 Å². The summed E-state index contributed by atoms with van der Waals surface area (Å²) in [5.74, 6) is -3.19. The zero-order valence-corrected chi connectivity index (χ0v) is 17.8. The number of para-hydroxylation sites is 1. The molecule has 158 valence electrons. The van der Waals surface area contributed by atoms with E-state index in [1.807, 2.05) is 18.2 Å². The minimum Gasteiger partial charge on any atom is -0.494 e. The third-order valence-corrected chi connectivity index (χ3v) is 6.32. The average molecular weight is 480 g/mol. The zero-order chi connectivity index (χ0) is 21.4. The van der Waals surface area contributed by atoms with Gasteiger partial charge >= 0.3 is 5.69 Å². The van der Waals surface area contributed by atoms with E-state index >= 15 is 0 Å². The summed E-state index contributed by atoms with van der Waals surface area (Å²) in [7, 11) is 1.24. The first-order valence-electron chi connectivity index (χ1n) is 9.62. The molecule has 4 rings (SSSR count). The zero-order valence-electron chi connectivity index (χ0n) is 16.2. The number of rotatable bonds is 4. The van der Waals surface area contributed by atoms with E-state index in [0.717, 1.165) is 15.5 Å². The van der Waals surface area contributed by atoms with Crippen LogP contribution in [-0.2, 0) is 4.79 Å². The summed E-state index contributed by atoms with van der Waals surface area (Å²) in [6, 6.07) is 8.15. The number of halogens is 3. The van der Waals surface area contributed by atoms with E-state index in [-0.39, 0.29) is 35.0 Å². The van der Waals surface area contributed by atoms with Crippen LogP contribution in [0.3, 0.4) is 0 Å². The van der Waals surface area contributed by atoms with Gasteiger partial charge in [-0.2, -0.15) is 4.39 Å². The molecular formula is C21H20BrF2N3O3. The summed E-state index contributed by atoms with van der Waals surface area (Å²) in [5, 5.41) is 2.48. The molecule has 1 fully saturated rings. The topological polar surface area (TPSA) is 76.1 Å². The minimum atomic E-state index is -1.15. The number of ether oxygens (including phenoxy) is 1. The maximum absolute atomic E-state index is 14.1. The number of carbonyl (C=O) groups is 1. The number of benzene rings is 2. The minimum absolute atomic E-state index is 0.0280. The lowest BCUT2D eigenvalue weighted by atomic mass is 9.85. The summed E-state index contributed by atoms with van der Waals surface area (Å²) in [5.41, 5.74) is 1.18. The summed E-state index contributed by atoms with van der Waals surface area (Å²) in [4.78, 5) is 28.0. The molecule has 2 N–H and O–H groups in total. The highest BCUT2D eigenvalue weighted by atomic mass is 79.9. The molecule has 2 aromatic carbocycles. The fraction of sp³-hybridized carbons (Fsp3) is 0.333. The molecule has 0 aliphatic heterocycles. The van der Waals surface area contributed by atoms with Crippen molar-refractivity contribution in [3.05, 3.63) is 56.9 Å². The molecule has 0 atom stereocenters. The van der Waals surface area contributed by atoms with Crippen LogP contribution >= 0.6 is 15.9 Å². The summed E-state index contributed by atoms with van der Waals surface area (Å²) in [6.07, 6.45) is 2.36. The Morgan fingerprint density at radius 3 is 2.60 bits per heavy atom. The molecule has 0 saturated heterocycles. The van der Waals surface area contributed by atoms with Crippen molar-refractivity contribution in [2.24, 2.45) is 5.92 Å². The Kier molecular flexibility index (Phi) is 5.64. The maximum atomic E-state index is 14.1. The number of methoxy groups -OCH3 is 1. The van der Waals surface area contributed by atoms with Crippen molar-refractivity contribution in [3.63, 3.8) is 0 Å². The Bertz CT molecular complexity index is 1170. The molecule has 1 aliphatic rings. The van der Waals surface area contributed by atoms with Crippen LogP contribution in [0.25, 0.3) is 11.0 Å². The first-order valence-corrected chi connectivity index (χ1v) is 10.4.